The molecule has 1 aliphatic rings. The topological polar surface area (TPSA) is 38.2 Å². The maximum absolute atomic E-state index is 5.57. The Morgan fingerprint density at radius 1 is 0.963 bits per heavy atom. The molecule has 0 unspecified atom stereocenters. The van der Waals surface area contributed by atoms with Gasteiger partial charge in [0.15, 0.2) is 0 Å². The van der Waals surface area contributed by atoms with Crippen LogP contribution in [-0.4, -0.2) is 35.1 Å². The lowest BCUT2D eigenvalue weighted by Gasteiger charge is -2.20. The Labute approximate surface area is 160 Å². The van der Waals surface area contributed by atoms with Gasteiger partial charge in [-0.15, -0.1) is 0 Å². The number of fused-ring (bicyclic) bond motifs is 1. The van der Waals surface area contributed by atoms with E-state index in [-0.39, 0.29) is 0 Å². The van der Waals surface area contributed by atoms with Crippen molar-refractivity contribution in [1.82, 2.24) is 14.9 Å². The van der Waals surface area contributed by atoms with Crippen molar-refractivity contribution in [2.45, 2.75) is 26.3 Å². The van der Waals surface area contributed by atoms with Crippen molar-refractivity contribution < 1.29 is 4.74 Å². The minimum atomic E-state index is 0.847. The fourth-order valence-corrected chi connectivity index (χ4v) is 3.79. The van der Waals surface area contributed by atoms with Gasteiger partial charge in [-0.2, -0.15) is 0 Å². The van der Waals surface area contributed by atoms with E-state index in [0.29, 0.717) is 0 Å². The van der Waals surface area contributed by atoms with E-state index in [1.54, 1.807) is 13.4 Å². The molecule has 0 amide bonds. The number of methoxy groups -OCH3 is 1. The van der Waals surface area contributed by atoms with Gasteiger partial charge in [-0.1, -0.05) is 30.3 Å². The van der Waals surface area contributed by atoms with Crippen LogP contribution in [0.4, 0.5) is 0 Å². The number of benzene rings is 2. The number of ether oxygens (including phenoxy) is 1. The zero-order valence-corrected chi connectivity index (χ0v) is 16.0. The Morgan fingerprint density at radius 3 is 2.37 bits per heavy atom. The highest BCUT2D eigenvalue weighted by molar-refractivity contribution is 5.68. The van der Waals surface area contributed by atoms with Gasteiger partial charge >= 0.3 is 0 Å². The van der Waals surface area contributed by atoms with Crippen LogP contribution in [0, 0.1) is 6.92 Å². The van der Waals surface area contributed by atoms with Crippen molar-refractivity contribution in [3.63, 3.8) is 0 Å². The molecular formula is C23H25N3O. The molecule has 0 fully saturated rings. The zero-order valence-electron chi connectivity index (χ0n) is 16.0. The highest BCUT2D eigenvalue weighted by atomic mass is 16.5. The standard InChI is InChI=1S/C23H25N3O/c1-17-13-22(25-16-24-17)21-14-18(7-8-23(21)27-2)15-26-11-9-19-5-3-4-6-20(19)10-12-26/h3-8,13-14,16H,9-12,15H2,1-2H3. The molecule has 138 valence electrons. The van der Waals surface area contributed by atoms with Crippen LogP contribution in [0.5, 0.6) is 5.75 Å². The molecule has 0 radical (unpaired) electrons. The summed E-state index contributed by atoms with van der Waals surface area (Å²) in [5.74, 6) is 0.847. The summed E-state index contributed by atoms with van der Waals surface area (Å²) in [5, 5.41) is 0. The van der Waals surface area contributed by atoms with E-state index in [1.807, 2.05) is 13.0 Å². The zero-order chi connectivity index (χ0) is 18.6. The van der Waals surface area contributed by atoms with Crippen LogP contribution < -0.4 is 4.74 Å². The van der Waals surface area contributed by atoms with Crippen molar-refractivity contribution >= 4 is 0 Å². The monoisotopic (exact) mass is 359 g/mol. The molecule has 27 heavy (non-hydrogen) atoms. The number of nitrogens with zero attached hydrogens (tertiary/aromatic N) is 3. The largest absolute Gasteiger partial charge is 0.496 e. The first-order valence-corrected chi connectivity index (χ1v) is 9.48. The number of aryl methyl sites for hydroxylation is 1. The summed E-state index contributed by atoms with van der Waals surface area (Å²) in [4.78, 5) is 11.2. The third-order valence-corrected chi connectivity index (χ3v) is 5.26. The molecule has 1 aliphatic heterocycles. The van der Waals surface area contributed by atoms with Gasteiger partial charge < -0.3 is 4.74 Å². The van der Waals surface area contributed by atoms with Gasteiger partial charge in [0.25, 0.3) is 0 Å². The maximum Gasteiger partial charge on any atom is 0.128 e. The summed E-state index contributed by atoms with van der Waals surface area (Å²) >= 11 is 0. The Bertz CT molecular complexity index is 911. The van der Waals surface area contributed by atoms with Gasteiger partial charge in [-0.3, -0.25) is 4.90 Å². The number of aromatic nitrogens is 2. The van der Waals surface area contributed by atoms with Crippen LogP contribution in [0.3, 0.4) is 0 Å². The lowest BCUT2D eigenvalue weighted by molar-refractivity contribution is 0.279. The van der Waals surface area contributed by atoms with E-state index < -0.39 is 0 Å². The second-order valence-corrected chi connectivity index (χ2v) is 7.12. The maximum atomic E-state index is 5.57. The molecule has 0 spiro atoms. The average Bonchev–Trinajstić information content (AvgIpc) is 2.90. The lowest BCUT2D eigenvalue weighted by atomic mass is 10.0. The quantitative estimate of drug-likeness (QED) is 0.704. The Kier molecular flexibility index (Phi) is 5.16. The van der Waals surface area contributed by atoms with E-state index in [9.17, 15) is 0 Å². The fraction of sp³-hybridized carbons (Fsp3) is 0.304. The molecule has 4 rings (SSSR count). The number of hydrogen-bond donors (Lipinski definition) is 0. The van der Waals surface area contributed by atoms with Gasteiger partial charge in [0.05, 0.1) is 12.8 Å². The first-order chi connectivity index (χ1) is 13.2. The van der Waals surface area contributed by atoms with E-state index >= 15 is 0 Å². The van der Waals surface area contributed by atoms with E-state index in [2.05, 4.69) is 57.3 Å². The SMILES string of the molecule is COc1ccc(CN2CCc3ccccc3CC2)cc1-c1cc(C)ncn1. The molecular weight excluding hydrogens is 334 g/mol. The third-order valence-electron chi connectivity index (χ3n) is 5.26. The van der Waals surface area contributed by atoms with Gasteiger partial charge in [-0.05, 0) is 54.7 Å². The lowest BCUT2D eigenvalue weighted by Crippen LogP contribution is -2.25. The summed E-state index contributed by atoms with van der Waals surface area (Å²) in [6, 6.07) is 17.2. The summed E-state index contributed by atoms with van der Waals surface area (Å²) in [6.45, 7) is 5.10. The molecule has 0 N–H and O–H groups in total. The van der Waals surface area contributed by atoms with Crippen LogP contribution in [0.25, 0.3) is 11.3 Å². The van der Waals surface area contributed by atoms with Crippen molar-refractivity contribution in [3.05, 3.63) is 77.2 Å². The molecule has 1 aromatic heterocycles. The van der Waals surface area contributed by atoms with Crippen LogP contribution in [0.2, 0.25) is 0 Å². The first kappa shape index (κ1) is 17.7. The minimum absolute atomic E-state index is 0.847. The van der Waals surface area contributed by atoms with Crippen molar-refractivity contribution in [3.8, 4) is 17.0 Å². The normalized spacial score (nSPS) is 14.4. The van der Waals surface area contributed by atoms with Crippen LogP contribution >= 0.6 is 0 Å². The van der Waals surface area contributed by atoms with Crippen LogP contribution in [0.1, 0.15) is 22.4 Å². The van der Waals surface area contributed by atoms with Crippen LogP contribution in [-0.2, 0) is 19.4 Å². The Morgan fingerprint density at radius 2 is 1.70 bits per heavy atom. The molecule has 0 atom stereocenters. The molecule has 2 aromatic carbocycles. The third kappa shape index (κ3) is 4.01. The second-order valence-electron chi connectivity index (χ2n) is 7.12. The molecule has 2 heterocycles. The first-order valence-electron chi connectivity index (χ1n) is 9.48. The minimum Gasteiger partial charge on any atom is -0.496 e. The van der Waals surface area contributed by atoms with Crippen molar-refractivity contribution in [2.75, 3.05) is 20.2 Å². The van der Waals surface area contributed by atoms with Crippen LogP contribution in [0.15, 0.2) is 54.9 Å². The molecule has 4 heteroatoms. The van der Waals surface area contributed by atoms with Crippen molar-refractivity contribution in [2.24, 2.45) is 0 Å². The highest BCUT2D eigenvalue weighted by Crippen LogP contribution is 2.30. The van der Waals surface area contributed by atoms with E-state index in [0.717, 1.165) is 55.2 Å². The Hall–Kier alpha value is -2.72. The highest BCUT2D eigenvalue weighted by Gasteiger charge is 2.15. The van der Waals surface area contributed by atoms with Gasteiger partial charge in [0, 0.05) is 30.9 Å². The van der Waals surface area contributed by atoms with E-state index in [1.165, 1.54) is 16.7 Å². The molecule has 3 aromatic rings. The molecule has 0 saturated heterocycles. The molecule has 0 bridgehead atoms. The van der Waals surface area contributed by atoms with Gasteiger partial charge in [0.1, 0.15) is 12.1 Å². The smallest absolute Gasteiger partial charge is 0.128 e. The second kappa shape index (κ2) is 7.89. The number of rotatable bonds is 4. The van der Waals surface area contributed by atoms with Gasteiger partial charge in [0.2, 0.25) is 0 Å². The predicted molar refractivity (Wildman–Crippen MR) is 108 cm³/mol. The summed E-state index contributed by atoms with van der Waals surface area (Å²) in [7, 11) is 1.71. The molecule has 0 aliphatic carbocycles. The summed E-state index contributed by atoms with van der Waals surface area (Å²) in [6.07, 6.45) is 3.84. The van der Waals surface area contributed by atoms with Crippen molar-refractivity contribution in [1.29, 1.82) is 0 Å². The summed E-state index contributed by atoms with van der Waals surface area (Å²) < 4.78 is 5.57. The Balaban J connectivity index is 1.55. The van der Waals surface area contributed by atoms with E-state index in [4.69, 9.17) is 4.74 Å². The van der Waals surface area contributed by atoms with Gasteiger partial charge in [-0.25, -0.2) is 9.97 Å². The predicted octanol–water partition coefficient (Wildman–Crippen LogP) is 4.06. The number of hydrogen-bond acceptors (Lipinski definition) is 4. The average molecular weight is 359 g/mol. The molecule has 0 saturated carbocycles. The summed E-state index contributed by atoms with van der Waals surface area (Å²) in [5.41, 5.74) is 7.16. The molecule has 4 nitrogen and oxygen atoms in total. The fourth-order valence-electron chi connectivity index (χ4n) is 3.79.